The van der Waals surface area contributed by atoms with Crippen LogP contribution in [0.1, 0.15) is 5.56 Å². The van der Waals surface area contributed by atoms with Gasteiger partial charge in [0, 0.05) is 18.6 Å². The predicted octanol–water partition coefficient (Wildman–Crippen LogP) is 3.00. The van der Waals surface area contributed by atoms with E-state index in [1.807, 2.05) is 36.2 Å². The van der Waals surface area contributed by atoms with Gasteiger partial charge < -0.3 is 10.0 Å². The van der Waals surface area contributed by atoms with Crippen molar-refractivity contribution >= 4 is 45.8 Å². The highest BCUT2D eigenvalue weighted by Gasteiger charge is 2.12. The molecule has 0 fully saturated rings. The molecule has 8 heteroatoms. The SMILES string of the molecule is CN(Cc1ccccc1Cl)c1nnc(SCC(=O)O)s1. The van der Waals surface area contributed by atoms with Crippen molar-refractivity contribution in [1.29, 1.82) is 0 Å². The molecule has 20 heavy (non-hydrogen) atoms. The van der Waals surface area contributed by atoms with Crippen LogP contribution in [0.5, 0.6) is 0 Å². The molecule has 2 rings (SSSR count). The molecule has 1 aromatic carbocycles. The highest BCUT2D eigenvalue weighted by atomic mass is 35.5. The number of aromatic nitrogens is 2. The zero-order valence-corrected chi connectivity index (χ0v) is 13.0. The average molecular weight is 330 g/mol. The quantitative estimate of drug-likeness (QED) is 0.822. The van der Waals surface area contributed by atoms with Crippen molar-refractivity contribution in [2.75, 3.05) is 17.7 Å². The van der Waals surface area contributed by atoms with E-state index in [0.717, 1.165) is 10.7 Å². The Labute approximate surface area is 129 Å². The van der Waals surface area contributed by atoms with E-state index in [-0.39, 0.29) is 5.75 Å². The number of aliphatic carboxylic acids is 1. The van der Waals surface area contributed by atoms with Crippen LogP contribution in [0.4, 0.5) is 5.13 Å². The van der Waals surface area contributed by atoms with Crippen LogP contribution in [0.25, 0.3) is 0 Å². The van der Waals surface area contributed by atoms with E-state index in [0.29, 0.717) is 15.9 Å². The van der Waals surface area contributed by atoms with Gasteiger partial charge in [0.2, 0.25) is 5.13 Å². The lowest BCUT2D eigenvalue weighted by Crippen LogP contribution is -2.16. The summed E-state index contributed by atoms with van der Waals surface area (Å²) in [7, 11) is 1.90. The minimum Gasteiger partial charge on any atom is -0.481 e. The molecule has 1 N–H and O–H groups in total. The van der Waals surface area contributed by atoms with Gasteiger partial charge in [-0.25, -0.2) is 0 Å². The molecule has 0 aliphatic carbocycles. The smallest absolute Gasteiger partial charge is 0.313 e. The van der Waals surface area contributed by atoms with Gasteiger partial charge >= 0.3 is 5.97 Å². The number of benzene rings is 1. The number of anilines is 1. The number of carboxylic acids is 1. The van der Waals surface area contributed by atoms with Crippen molar-refractivity contribution < 1.29 is 9.90 Å². The Morgan fingerprint density at radius 2 is 2.20 bits per heavy atom. The Hall–Kier alpha value is -1.31. The highest BCUT2D eigenvalue weighted by molar-refractivity contribution is 8.01. The van der Waals surface area contributed by atoms with Crippen molar-refractivity contribution in [2.24, 2.45) is 0 Å². The fourth-order valence-electron chi connectivity index (χ4n) is 1.49. The first-order chi connectivity index (χ1) is 9.56. The fraction of sp³-hybridized carbons (Fsp3) is 0.250. The second-order valence-corrected chi connectivity index (χ2v) is 6.57. The molecule has 106 valence electrons. The predicted molar refractivity (Wildman–Crippen MR) is 81.8 cm³/mol. The van der Waals surface area contributed by atoms with Crippen LogP contribution >= 0.6 is 34.7 Å². The zero-order chi connectivity index (χ0) is 14.5. The van der Waals surface area contributed by atoms with Crippen molar-refractivity contribution in [1.82, 2.24) is 10.2 Å². The first-order valence-electron chi connectivity index (χ1n) is 5.69. The van der Waals surface area contributed by atoms with Crippen LogP contribution in [-0.4, -0.2) is 34.1 Å². The van der Waals surface area contributed by atoms with Crippen LogP contribution in [-0.2, 0) is 11.3 Å². The molecule has 0 atom stereocenters. The number of hydrogen-bond acceptors (Lipinski definition) is 6. The number of carboxylic acid groups (broad SMARTS) is 1. The Morgan fingerprint density at radius 3 is 2.90 bits per heavy atom. The van der Waals surface area contributed by atoms with Gasteiger partial charge in [0.15, 0.2) is 4.34 Å². The first-order valence-corrected chi connectivity index (χ1v) is 7.87. The van der Waals surface area contributed by atoms with Gasteiger partial charge in [-0.2, -0.15) is 0 Å². The third kappa shape index (κ3) is 4.09. The normalized spacial score (nSPS) is 10.5. The maximum atomic E-state index is 10.5. The van der Waals surface area contributed by atoms with Crippen LogP contribution in [0.15, 0.2) is 28.6 Å². The third-order valence-corrected chi connectivity index (χ3v) is 4.93. The molecular weight excluding hydrogens is 318 g/mol. The van der Waals surface area contributed by atoms with Gasteiger partial charge in [-0.1, -0.05) is 52.9 Å². The number of thioether (sulfide) groups is 1. The zero-order valence-electron chi connectivity index (χ0n) is 10.6. The van der Waals surface area contributed by atoms with Gasteiger partial charge in [-0.3, -0.25) is 4.79 Å². The van der Waals surface area contributed by atoms with Crippen LogP contribution in [0.2, 0.25) is 5.02 Å². The molecule has 0 aliphatic rings. The molecule has 0 saturated heterocycles. The van der Waals surface area contributed by atoms with E-state index in [9.17, 15) is 4.79 Å². The summed E-state index contributed by atoms with van der Waals surface area (Å²) in [4.78, 5) is 12.4. The number of rotatable bonds is 6. The number of hydrogen-bond donors (Lipinski definition) is 1. The summed E-state index contributed by atoms with van der Waals surface area (Å²) in [5.74, 6) is -0.876. The molecule has 0 bridgehead atoms. The van der Waals surface area contributed by atoms with E-state index in [1.54, 1.807) is 0 Å². The molecule has 0 aliphatic heterocycles. The van der Waals surface area contributed by atoms with Crippen LogP contribution < -0.4 is 4.90 Å². The van der Waals surface area contributed by atoms with E-state index < -0.39 is 5.97 Å². The standard InChI is InChI=1S/C12H12ClN3O2S2/c1-16(6-8-4-2-3-5-9(8)13)11-14-15-12(20-11)19-7-10(17)18/h2-5H,6-7H2,1H3,(H,17,18). The molecule has 1 heterocycles. The second kappa shape index (κ2) is 6.92. The highest BCUT2D eigenvalue weighted by Crippen LogP contribution is 2.28. The number of nitrogens with zero attached hydrogens (tertiary/aromatic N) is 3. The maximum absolute atomic E-state index is 10.5. The second-order valence-electron chi connectivity index (χ2n) is 3.98. The molecule has 0 unspecified atom stereocenters. The summed E-state index contributed by atoms with van der Waals surface area (Å²) in [5.41, 5.74) is 1.01. The third-order valence-electron chi connectivity index (χ3n) is 2.41. The van der Waals surface area contributed by atoms with E-state index in [2.05, 4.69) is 10.2 Å². The molecule has 5 nitrogen and oxygen atoms in total. The fourth-order valence-corrected chi connectivity index (χ4v) is 3.21. The summed E-state index contributed by atoms with van der Waals surface area (Å²) in [6.07, 6.45) is 0. The largest absolute Gasteiger partial charge is 0.481 e. The van der Waals surface area contributed by atoms with Gasteiger partial charge in [-0.05, 0) is 11.6 Å². The average Bonchev–Trinajstić information content (AvgIpc) is 2.88. The molecule has 0 spiro atoms. The summed E-state index contributed by atoms with van der Waals surface area (Å²) in [6, 6.07) is 7.62. The molecule has 1 aromatic heterocycles. The summed E-state index contributed by atoms with van der Waals surface area (Å²) >= 11 is 8.65. The van der Waals surface area contributed by atoms with Crippen LogP contribution in [0.3, 0.4) is 0 Å². The molecule has 0 radical (unpaired) electrons. The van der Waals surface area contributed by atoms with Gasteiger partial charge in [0.25, 0.3) is 0 Å². The van der Waals surface area contributed by atoms with Crippen molar-refractivity contribution in [3.8, 4) is 0 Å². The summed E-state index contributed by atoms with van der Waals surface area (Å²) < 4.78 is 0.647. The van der Waals surface area contributed by atoms with Crippen molar-refractivity contribution in [3.63, 3.8) is 0 Å². The lowest BCUT2D eigenvalue weighted by molar-refractivity contribution is -0.133. The Morgan fingerprint density at radius 1 is 1.45 bits per heavy atom. The van der Waals surface area contributed by atoms with Crippen molar-refractivity contribution in [2.45, 2.75) is 10.9 Å². The lowest BCUT2D eigenvalue weighted by Gasteiger charge is -2.15. The lowest BCUT2D eigenvalue weighted by atomic mass is 10.2. The van der Waals surface area contributed by atoms with Crippen molar-refractivity contribution in [3.05, 3.63) is 34.9 Å². The maximum Gasteiger partial charge on any atom is 0.313 e. The van der Waals surface area contributed by atoms with E-state index in [4.69, 9.17) is 16.7 Å². The Bertz CT molecular complexity index is 606. The van der Waals surface area contributed by atoms with E-state index in [1.165, 1.54) is 23.1 Å². The summed E-state index contributed by atoms with van der Waals surface area (Å²) in [5, 5.41) is 18.1. The molecule has 0 saturated carbocycles. The monoisotopic (exact) mass is 329 g/mol. The topological polar surface area (TPSA) is 66.3 Å². The Kier molecular flexibility index (Phi) is 5.22. The number of halogens is 1. The minimum atomic E-state index is -0.865. The van der Waals surface area contributed by atoms with Gasteiger partial charge in [-0.15, -0.1) is 10.2 Å². The first kappa shape index (κ1) is 15.1. The summed E-state index contributed by atoms with van der Waals surface area (Å²) in [6.45, 7) is 0.623. The van der Waals surface area contributed by atoms with Gasteiger partial charge in [0.05, 0.1) is 5.75 Å². The molecule has 2 aromatic rings. The van der Waals surface area contributed by atoms with E-state index >= 15 is 0 Å². The van der Waals surface area contributed by atoms with Gasteiger partial charge in [0.1, 0.15) is 0 Å². The van der Waals surface area contributed by atoms with Crippen LogP contribution in [0, 0.1) is 0 Å². The Balaban J connectivity index is 2.01. The molecular formula is C12H12ClN3O2S2. The minimum absolute atomic E-state index is 0.0111. The molecule has 0 amide bonds. The number of carbonyl (C=O) groups is 1.